The molecule has 0 amide bonds. The Kier molecular flexibility index (Phi) is 5.00. The standard InChI is InChI=1S/C16H20N2O3/c1-11-7-14(19-2)8-13(18-11)10-21-16-12(9-17)5-4-6-15(16)20-3/h4-8H,9-10,17H2,1-3H3. The first-order chi connectivity index (χ1) is 10.2. The van der Waals surface area contributed by atoms with Crippen LogP contribution in [0.2, 0.25) is 0 Å². The molecular formula is C16H20N2O3. The number of aromatic nitrogens is 1. The van der Waals surface area contributed by atoms with Gasteiger partial charge in [0, 0.05) is 29.9 Å². The van der Waals surface area contributed by atoms with Gasteiger partial charge in [-0.3, -0.25) is 4.98 Å². The lowest BCUT2D eigenvalue weighted by molar-refractivity contribution is 0.276. The van der Waals surface area contributed by atoms with E-state index in [4.69, 9.17) is 19.9 Å². The number of rotatable bonds is 6. The van der Waals surface area contributed by atoms with Crippen molar-refractivity contribution in [1.29, 1.82) is 0 Å². The number of hydrogen-bond acceptors (Lipinski definition) is 5. The van der Waals surface area contributed by atoms with Crippen molar-refractivity contribution in [3.8, 4) is 17.2 Å². The van der Waals surface area contributed by atoms with E-state index in [-0.39, 0.29) is 0 Å². The molecule has 112 valence electrons. The third-order valence-corrected chi connectivity index (χ3v) is 3.08. The van der Waals surface area contributed by atoms with Crippen LogP contribution in [-0.2, 0) is 13.2 Å². The summed E-state index contributed by atoms with van der Waals surface area (Å²) in [5.74, 6) is 2.09. The minimum atomic E-state index is 0.325. The van der Waals surface area contributed by atoms with Gasteiger partial charge in [-0.1, -0.05) is 12.1 Å². The first-order valence-electron chi connectivity index (χ1n) is 6.68. The van der Waals surface area contributed by atoms with Crippen molar-refractivity contribution in [2.24, 2.45) is 5.73 Å². The van der Waals surface area contributed by atoms with Crippen LogP contribution in [0.4, 0.5) is 0 Å². The van der Waals surface area contributed by atoms with E-state index in [1.165, 1.54) is 0 Å². The van der Waals surface area contributed by atoms with Crippen molar-refractivity contribution in [3.63, 3.8) is 0 Å². The van der Waals surface area contributed by atoms with E-state index in [0.29, 0.717) is 24.7 Å². The van der Waals surface area contributed by atoms with Gasteiger partial charge in [0.2, 0.25) is 0 Å². The van der Waals surface area contributed by atoms with Gasteiger partial charge in [-0.25, -0.2) is 0 Å². The van der Waals surface area contributed by atoms with Gasteiger partial charge in [0.25, 0.3) is 0 Å². The van der Waals surface area contributed by atoms with E-state index in [2.05, 4.69) is 4.98 Å². The molecule has 0 radical (unpaired) electrons. The third kappa shape index (κ3) is 3.64. The summed E-state index contributed by atoms with van der Waals surface area (Å²) < 4.78 is 16.4. The highest BCUT2D eigenvalue weighted by Crippen LogP contribution is 2.31. The Hall–Kier alpha value is -2.27. The van der Waals surface area contributed by atoms with E-state index in [9.17, 15) is 0 Å². The fourth-order valence-corrected chi connectivity index (χ4v) is 2.09. The second-order valence-corrected chi connectivity index (χ2v) is 4.58. The summed E-state index contributed by atoms with van der Waals surface area (Å²) >= 11 is 0. The van der Waals surface area contributed by atoms with E-state index < -0.39 is 0 Å². The predicted molar refractivity (Wildman–Crippen MR) is 80.7 cm³/mol. The second kappa shape index (κ2) is 6.95. The highest BCUT2D eigenvalue weighted by molar-refractivity contribution is 5.46. The molecule has 0 aliphatic heterocycles. The van der Waals surface area contributed by atoms with Crippen LogP contribution >= 0.6 is 0 Å². The van der Waals surface area contributed by atoms with Crippen LogP contribution in [0, 0.1) is 6.92 Å². The maximum atomic E-state index is 5.87. The smallest absolute Gasteiger partial charge is 0.166 e. The molecule has 0 aliphatic carbocycles. The third-order valence-electron chi connectivity index (χ3n) is 3.08. The molecule has 0 unspecified atom stereocenters. The van der Waals surface area contributed by atoms with Crippen LogP contribution in [0.5, 0.6) is 17.2 Å². The molecule has 0 bridgehead atoms. The first kappa shape index (κ1) is 15.1. The monoisotopic (exact) mass is 288 g/mol. The Morgan fingerprint density at radius 3 is 2.62 bits per heavy atom. The van der Waals surface area contributed by atoms with Gasteiger partial charge in [-0.15, -0.1) is 0 Å². The average Bonchev–Trinajstić information content (AvgIpc) is 2.51. The Labute approximate surface area is 124 Å². The number of hydrogen-bond donors (Lipinski definition) is 1. The summed E-state index contributed by atoms with van der Waals surface area (Å²) in [6.45, 7) is 2.63. The van der Waals surface area contributed by atoms with E-state index in [1.54, 1.807) is 14.2 Å². The number of nitrogens with zero attached hydrogens (tertiary/aromatic N) is 1. The molecule has 1 aromatic carbocycles. The van der Waals surface area contributed by atoms with Crippen molar-refractivity contribution >= 4 is 0 Å². The summed E-state index contributed by atoms with van der Waals surface area (Å²) in [4.78, 5) is 4.43. The normalized spacial score (nSPS) is 10.3. The summed E-state index contributed by atoms with van der Waals surface area (Å²) in [5.41, 5.74) is 8.31. The number of para-hydroxylation sites is 1. The van der Waals surface area contributed by atoms with Gasteiger partial charge in [0.1, 0.15) is 12.4 Å². The van der Waals surface area contributed by atoms with Gasteiger partial charge < -0.3 is 19.9 Å². The van der Waals surface area contributed by atoms with Gasteiger partial charge >= 0.3 is 0 Å². The van der Waals surface area contributed by atoms with Crippen LogP contribution < -0.4 is 19.9 Å². The van der Waals surface area contributed by atoms with Crippen LogP contribution in [0.25, 0.3) is 0 Å². The molecule has 2 rings (SSSR count). The van der Waals surface area contributed by atoms with Crippen molar-refractivity contribution < 1.29 is 14.2 Å². The molecule has 0 spiro atoms. The molecule has 2 N–H and O–H groups in total. The van der Waals surface area contributed by atoms with Gasteiger partial charge in [-0.2, -0.15) is 0 Å². The molecule has 2 aromatic rings. The lowest BCUT2D eigenvalue weighted by Crippen LogP contribution is -2.06. The minimum absolute atomic E-state index is 0.325. The van der Waals surface area contributed by atoms with Crippen molar-refractivity contribution in [1.82, 2.24) is 4.98 Å². The lowest BCUT2D eigenvalue weighted by Gasteiger charge is -2.14. The van der Waals surface area contributed by atoms with E-state index in [0.717, 1.165) is 22.7 Å². The summed E-state index contributed by atoms with van der Waals surface area (Å²) in [6.07, 6.45) is 0. The fourth-order valence-electron chi connectivity index (χ4n) is 2.09. The zero-order valence-corrected chi connectivity index (χ0v) is 12.6. The zero-order valence-electron chi connectivity index (χ0n) is 12.6. The Morgan fingerprint density at radius 1 is 1.14 bits per heavy atom. The number of pyridine rings is 1. The Balaban J connectivity index is 2.22. The number of nitrogens with two attached hydrogens (primary N) is 1. The molecule has 0 saturated heterocycles. The molecule has 0 saturated carbocycles. The van der Waals surface area contributed by atoms with Crippen molar-refractivity contribution in [2.45, 2.75) is 20.1 Å². The molecule has 1 heterocycles. The predicted octanol–water partition coefficient (Wildman–Crippen LogP) is 2.44. The molecule has 1 aromatic heterocycles. The number of aryl methyl sites for hydroxylation is 1. The largest absolute Gasteiger partial charge is 0.497 e. The molecule has 0 aliphatic rings. The zero-order chi connectivity index (χ0) is 15.2. The minimum Gasteiger partial charge on any atom is -0.497 e. The highest BCUT2D eigenvalue weighted by atomic mass is 16.5. The maximum absolute atomic E-state index is 5.87. The summed E-state index contributed by atoms with van der Waals surface area (Å²) in [6, 6.07) is 9.38. The second-order valence-electron chi connectivity index (χ2n) is 4.58. The molecular weight excluding hydrogens is 268 g/mol. The lowest BCUT2D eigenvalue weighted by atomic mass is 10.2. The average molecular weight is 288 g/mol. The summed E-state index contributed by atoms with van der Waals surface area (Å²) in [7, 11) is 3.24. The number of benzene rings is 1. The first-order valence-corrected chi connectivity index (χ1v) is 6.68. The highest BCUT2D eigenvalue weighted by Gasteiger charge is 2.10. The maximum Gasteiger partial charge on any atom is 0.166 e. The van der Waals surface area contributed by atoms with Crippen LogP contribution in [0.15, 0.2) is 30.3 Å². The quantitative estimate of drug-likeness (QED) is 0.884. The number of methoxy groups -OCH3 is 2. The van der Waals surface area contributed by atoms with Gasteiger partial charge in [0.15, 0.2) is 11.5 Å². The Morgan fingerprint density at radius 2 is 1.95 bits per heavy atom. The topological polar surface area (TPSA) is 66.6 Å². The molecule has 0 fully saturated rings. The van der Waals surface area contributed by atoms with Gasteiger partial charge in [-0.05, 0) is 13.0 Å². The van der Waals surface area contributed by atoms with Crippen LogP contribution in [0.1, 0.15) is 17.0 Å². The SMILES string of the molecule is COc1cc(C)nc(COc2c(CN)cccc2OC)c1. The van der Waals surface area contributed by atoms with Gasteiger partial charge in [0.05, 0.1) is 19.9 Å². The fraction of sp³-hybridized carbons (Fsp3) is 0.312. The van der Waals surface area contributed by atoms with Crippen LogP contribution in [-0.4, -0.2) is 19.2 Å². The molecule has 0 atom stereocenters. The number of ether oxygens (including phenoxy) is 3. The Bertz CT molecular complexity index is 592. The van der Waals surface area contributed by atoms with Crippen molar-refractivity contribution in [2.75, 3.05) is 14.2 Å². The van der Waals surface area contributed by atoms with Crippen molar-refractivity contribution in [3.05, 3.63) is 47.3 Å². The van der Waals surface area contributed by atoms with E-state index in [1.807, 2.05) is 37.3 Å². The summed E-state index contributed by atoms with van der Waals surface area (Å²) in [5, 5.41) is 0. The van der Waals surface area contributed by atoms with Crippen LogP contribution in [0.3, 0.4) is 0 Å². The molecule has 21 heavy (non-hydrogen) atoms. The molecule has 5 nitrogen and oxygen atoms in total. The molecule has 5 heteroatoms. The van der Waals surface area contributed by atoms with E-state index >= 15 is 0 Å².